The molecule has 0 aromatic rings. The molecule has 130 valence electrons. The average Bonchev–Trinajstić information content (AvgIpc) is 2.46. The van der Waals surface area contributed by atoms with Crippen LogP contribution in [0.1, 0.15) is 53.4 Å². The summed E-state index contributed by atoms with van der Waals surface area (Å²) in [6, 6.07) is 0. The van der Waals surface area contributed by atoms with Crippen LogP contribution in [0, 0.1) is 11.8 Å². The maximum absolute atomic E-state index is 12.0. The molecule has 0 spiro atoms. The number of carboxylic acid groups (broad SMARTS) is 1. The van der Waals surface area contributed by atoms with Crippen molar-refractivity contribution in [3.05, 3.63) is 0 Å². The molecule has 0 saturated heterocycles. The number of rotatable bonds is 12. The molecule has 0 saturated carbocycles. The first-order chi connectivity index (χ1) is 10.3. The molecule has 0 aliphatic heterocycles. The van der Waals surface area contributed by atoms with Crippen molar-refractivity contribution in [2.75, 3.05) is 13.2 Å². The van der Waals surface area contributed by atoms with E-state index in [1.54, 1.807) is 13.8 Å². The van der Waals surface area contributed by atoms with Crippen molar-refractivity contribution < 1.29 is 29.3 Å². The molecule has 0 radical (unpaired) electrons. The lowest BCUT2D eigenvalue weighted by molar-refractivity contribution is -0.154. The number of aliphatic hydroxyl groups is 1. The van der Waals surface area contributed by atoms with Gasteiger partial charge in [0.1, 0.15) is 6.61 Å². The van der Waals surface area contributed by atoms with Gasteiger partial charge in [-0.25, -0.2) is 0 Å². The normalized spacial score (nSPS) is 16.6. The Balaban J connectivity index is 4.16. The van der Waals surface area contributed by atoms with Gasteiger partial charge in [0.05, 0.1) is 30.7 Å². The third-order valence-corrected chi connectivity index (χ3v) is 3.61. The zero-order valence-corrected chi connectivity index (χ0v) is 14.1. The maximum Gasteiger partial charge on any atom is 0.309 e. The summed E-state index contributed by atoms with van der Waals surface area (Å²) in [6.07, 6.45) is 1.35. The van der Waals surface area contributed by atoms with Crippen molar-refractivity contribution in [1.29, 1.82) is 0 Å². The largest absolute Gasteiger partial charge is 0.481 e. The van der Waals surface area contributed by atoms with Gasteiger partial charge in [0.2, 0.25) is 0 Å². The summed E-state index contributed by atoms with van der Waals surface area (Å²) < 4.78 is 10.5. The Morgan fingerprint density at radius 3 is 2.00 bits per heavy atom. The maximum atomic E-state index is 12.0. The monoisotopic (exact) mass is 318 g/mol. The van der Waals surface area contributed by atoms with Gasteiger partial charge < -0.3 is 19.7 Å². The van der Waals surface area contributed by atoms with E-state index in [4.69, 9.17) is 19.7 Å². The molecule has 2 N–H and O–H groups in total. The van der Waals surface area contributed by atoms with Crippen LogP contribution in [-0.2, 0) is 19.1 Å². The Morgan fingerprint density at radius 1 is 1.00 bits per heavy atom. The van der Waals surface area contributed by atoms with Gasteiger partial charge in [-0.1, -0.05) is 13.8 Å². The first-order valence-electron chi connectivity index (χ1n) is 8.00. The second kappa shape index (κ2) is 11.4. The number of aliphatic carboxylic acids is 1. The van der Waals surface area contributed by atoms with E-state index in [0.29, 0.717) is 25.7 Å². The molecule has 0 aliphatic carbocycles. The van der Waals surface area contributed by atoms with Crippen molar-refractivity contribution in [3.63, 3.8) is 0 Å². The molecule has 6 heteroatoms. The molecule has 4 unspecified atom stereocenters. The van der Waals surface area contributed by atoms with E-state index < -0.39 is 18.0 Å². The fourth-order valence-electron chi connectivity index (χ4n) is 2.06. The smallest absolute Gasteiger partial charge is 0.309 e. The zero-order valence-electron chi connectivity index (χ0n) is 14.1. The van der Waals surface area contributed by atoms with Crippen molar-refractivity contribution in [3.8, 4) is 0 Å². The second-order valence-electron chi connectivity index (χ2n) is 5.75. The molecule has 0 aromatic heterocycles. The lowest BCUT2D eigenvalue weighted by Gasteiger charge is -2.19. The van der Waals surface area contributed by atoms with Gasteiger partial charge in [0.15, 0.2) is 0 Å². The van der Waals surface area contributed by atoms with Crippen molar-refractivity contribution in [2.24, 2.45) is 11.8 Å². The van der Waals surface area contributed by atoms with Crippen molar-refractivity contribution in [1.82, 2.24) is 0 Å². The van der Waals surface area contributed by atoms with E-state index in [1.807, 2.05) is 13.8 Å². The molecule has 0 fully saturated rings. The van der Waals surface area contributed by atoms with Gasteiger partial charge in [-0.2, -0.15) is 0 Å². The summed E-state index contributed by atoms with van der Waals surface area (Å²) in [4.78, 5) is 23.0. The Morgan fingerprint density at radius 2 is 1.55 bits per heavy atom. The number of esters is 1. The number of carboxylic acids is 1. The van der Waals surface area contributed by atoms with Gasteiger partial charge in [-0.3, -0.25) is 9.59 Å². The minimum Gasteiger partial charge on any atom is -0.481 e. The quantitative estimate of drug-likeness (QED) is 0.536. The van der Waals surface area contributed by atoms with E-state index in [-0.39, 0.29) is 31.2 Å². The van der Waals surface area contributed by atoms with Gasteiger partial charge in [-0.05, 0) is 39.5 Å². The van der Waals surface area contributed by atoms with Gasteiger partial charge in [-0.15, -0.1) is 0 Å². The molecule has 6 nitrogen and oxygen atoms in total. The lowest BCUT2D eigenvalue weighted by Crippen LogP contribution is -2.26. The molecular weight excluding hydrogens is 288 g/mol. The molecule has 4 atom stereocenters. The summed E-state index contributed by atoms with van der Waals surface area (Å²) in [7, 11) is 0. The number of carbonyl (C=O) groups is 2. The average molecular weight is 318 g/mol. The SMILES string of the molecule is CCC(CCC(CC)C(=O)OCC(C)OCC(C)O)C(=O)O. The minimum atomic E-state index is -0.814. The summed E-state index contributed by atoms with van der Waals surface area (Å²) in [5, 5.41) is 18.1. The van der Waals surface area contributed by atoms with Crippen LogP contribution in [0.15, 0.2) is 0 Å². The third-order valence-electron chi connectivity index (χ3n) is 3.61. The predicted molar refractivity (Wildman–Crippen MR) is 82.5 cm³/mol. The molecule has 22 heavy (non-hydrogen) atoms. The highest BCUT2D eigenvalue weighted by molar-refractivity contribution is 5.73. The first-order valence-corrected chi connectivity index (χ1v) is 8.00. The van der Waals surface area contributed by atoms with Gasteiger partial charge in [0.25, 0.3) is 0 Å². The molecule has 0 rings (SSSR count). The Labute approximate surface area is 132 Å². The number of hydrogen-bond donors (Lipinski definition) is 2. The van der Waals surface area contributed by atoms with Crippen LogP contribution < -0.4 is 0 Å². The van der Waals surface area contributed by atoms with E-state index in [2.05, 4.69) is 0 Å². The highest BCUT2D eigenvalue weighted by Crippen LogP contribution is 2.19. The Kier molecular flexibility index (Phi) is 10.8. The molecule has 0 aliphatic rings. The number of hydrogen-bond acceptors (Lipinski definition) is 5. The van der Waals surface area contributed by atoms with Crippen LogP contribution in [0.25, 0.3) is 0 Å². The summed E-state index contributed by atoms with van der Waals surface area (Å²) >= 11 is 0. The molecule has 0 heterocycles. The number of carbonyl (C=O) groups excluding carboxylic acids is 1. The van der Waals surface area contributed by atoms with Crippen LogP contribution in [0.3, 0.4) is 0 Å². The fraction of sp³-hybridized carbons (Fsp3) is 0.875. The van der Waals surface area contributed by atoms with Crippen LogP contribution in [0.2, 0.25) is 0 Å². The molecule has 0 aromatic carbocycles. The standard InChI is InChI=1S/C16H30O6/c1-5-13(15(18)19)7-8-14(6-2)16(20)22-10-12(4)21-9-11(3)17/h11-14,17H,5-10H2,1-4H3,(H,18,19). The molecular formula is C16H30O6. The Bertz CT molecular complexity index is 329. The number of aliphatic hydroxyl groups excluding tert-OH is 1. The molecule has 0 amide bonds. The topological polar surface area (TPSA) is 93.1 Å². The van der Waals surface area contributed by atoms with Crippen molar-refractivity contribution >= 4 is 11.9 Å². The highest BCUT2D eigenvalue weighted by atomic mass is 16.6. The Hall–Kier alpha value is -1.14. The number of ether oxygens (including phenoxy) is 2. The van der Waals surface area contributed by atoms with E-state index in [0.717, 1.165) is 0 Å². The van der Waals surface area contributed by atoms with Crippen LogP contribution in [0.4, 0.5) is 0 Å². The fourth-order valence-corrected chi connectivity index (χ4v) is 2.06. The van der Waals surface area contributed by atoms with Crippen LogP contribution in [0.5, 0.6) is 0 Å². The van der Waals surface area contributed by atoms with E-state index in [1.165, 1.54) is 0 Å². The van der Waals surface area contributed by atoms with Gasteiger partial charge in [0, 0.05) is 0 Å². The first kappa shape index (κ1) is 20.9. The zero-order chi connectivity index (χ0) is 17.1. The second-order valence-corrected chi connectivity index (χ2v) is 5.75. The summed E-state index contributed by atoms with van der Waals surface area (Å²) in [5.74, 6) is -1.81. The summed E-state index contributed by atoms with van der Waals surface area (Å²) in [6.45, 7) is 7.46. The third kappa shape index (κ3) is 9.00. The summed E-state index contributed by atoms with van der Waals surface area (Å²) in [5.41, 5.74) is 0. The van der Waals surface area contributed by atoms with E-state index >= 15 is 0 Å². The predicted octanol–water partition coefficient (Wildman–Crippen LogP) is 2.23. The van der Waals surface area contributed by atoms with Gasteiger partial charge >= 0.3 is 11.9 Å². The van der Waals surface area contributed by atoms with Crippen molar-refractivity contribution in [2.45, 2.75) is 65.6 Å². The van der Waals surface area contributed by atoms with Crippen LogP contribution >= 0.6 is 0 Å². The minimum absolute atomic E-state index is 0.137. The van der Waals surface area contributed by atoms with E-state index in [9.17, 15) is 9.59 Å². The lowest BCUT2D eigenvalue weighted by atomic mass is 9.92. The highest BCUT2D eigenvalue weighted by Gasteiger charge is 2.23. The van der Waals surface area contributed by atoms with Crippen LogP contribution in [-0.4, -0.2) is 47.6 Å². The molecule has 0 bridgehead atoms.